The highest BCUT2D eigenvalue weighted by molar-refractivity contribution is 9.09. The van der Waals surface area contributed by atoms with Crippen LogP contribution in [-0.2, 0) is 11.2 Å². The summed E-state index contributed by atoms with van der Waals surface area (Å²) in [4.78, 5) is 11.9. The first-order valence-corrected chi connectivity index (χ1v) is 8.63. The molecule has 0 saturated heterocycles. The number of benzene rings is 1. The average Bonchev–Trinajstić information content (AvgIpc) is 2.47. The van der Waals surface area contributed by atoms with Crippen molar-refractivity contribution in [1.29, 1.82) is 0 Å². The van der Waals surface area contributed by atoms with E-state index >= 15 is 0 Å². The normalized spacial score (nSPS) is 17.1. The van der Waals surface area contributed by atoms with Gasteiger partial charge in [0.15, 0.2) is 0 Å². The van der Waals surface area contributed by atoms with E-state index < -0.39 is 0 Å². The Labute approximate surface area is 135 Å². The number of hydrogen-bond acceptors (Lipinski definition) is 3. The lowest BCUT2D eigenvalue weighted by Crippen LogP contribution is -2.22. The van der Waals surface area contributed by atoms with Crippen LogP contribution >= 0.6 is 15.9 Å². The van der Waals surface area contributed by atoms with Crippen molar-refractivity contribution < 1.29 is 14.3 Å². The summed E-state index contributed by atoms with van der Waals surface area (Å²) in [6.45, 7) is 8.17. The molecule has 0 amide bonds. The zero-order valence-corrected chi connectivity index (χ0v) is 14.8. The Hall–Kier alpha value is -1.03. The van der Waals surface area contributed by atoms with Crippen LogP contribution in [0.2, 0.25) is 0 Å². The average molecular weight is 355 g/mol. The van der Waals surface area contributed by atoms with Crippen LogP contribution in [-0.4, -0.2) is 17.4 Å². The van der Waals surface area contributed by atoms with Crippen molar-refractivity contribution >= 4 is 21.9 Å². The fourth-order valence-electron chi connectivity index (χ4n) is 2.75. The van der Waals surface area contributed by atoms with Crippen molar-refractivity contribution in [2.75, 3.05) is 5.33 Å². The predicted molar refractivity (Wildman–Crippen MR) is 87.7 cm³/mol. The van der Waals surface area contributed by atoms with Gasteiger partial charge < -0.3 is 9.47 Å². The molecule has 2 rings (SSSR count). The first-order chi connectivity index (χ1) is 9.95. The Bertz CT molecular complexity index is 552. The molecule has 3 nitrogen and oxygen atoms in total. The van der Waals surface area contributed by atoms with E-state index in [9.17, 15) is 4.79 Å². The molecular weight excluding hydrogens is 332 g/mol. The number of hydrogen-bond donors (Lipinski definition) is 0. The molecule has 1 aromatic carbocycles. The van der Waals surface area contributed by atoms with Gasteiger partial charge in [-0.1, -0.05) is 15.9 Å². The van der Waals surface area contributed by atoms with Gasteiger partial charge in [-0.3, -0.25) is 4.79 Å². The molecule has 0 N–H and O–H groups in total. The highest BCUT2D eigenvalue weighted by Gasteiger charge is 2.25. The summed E-state index contributed by atoms with van der Waals surface area (Å²) < 4.78 is 11.6. The molecule has 0 radical (unpaired) electrons. The van der Waals surface area contributed by atoms with E-state index in [0.717, 1.165) is 52.8 Å². The smallest absolute Gasteiger partial charge is 0.311 e. The molecule has 21 heavy (non-hydrogen) atoms. The third kappa shape index (κ3) is 3.42. The number of fused-ring (bicyclic) bond motifs is 1. The van der Waals surface area contributed by atoms with Crippen LogP contribution in [0, 0.1) is 20.8 Å². The molecule has 0 fully saturated rings. The quantitative estimate of drug-likeness (QED) is 0.456. The summed E-state index contributed by atoms with van der Waals surface area (Å²) in [6, 6.07) is 0. The number of carbonyl (C=O) groups is 1. The van der Waals surface area contributed by atoms with Gasteiger partial charge in [-0.25, -0.2) is 0 Å². The molecule has 0 saturated carbocycles. The molecule has 0 spiro atoms. The Balaban J connectivity index is 2.35. The van der Waals surface area contributed by atoms with Crippen LogP contribution < -0.4 is 9.47 Å². The largest absolute Gasteiger partial charge is 0.490 e. The summed E-state index contributed by atoms with van der Waals surface area (Å²) in [5.41, 5.74) is 4.34. The molecule has 0 bridgehead atoms. The van der Waals surface area contributed by atoms with E-state index in [1.807, 2.05) is 20.8 Å². The second-order valence-electron chi connectivity index (χ2n) is 5.75. The molecule has 1 aromatic rings. The van der Waals surface area contributed by atoms with E-state index in [4.69, 9.17) is 9.47 Å². The fraction of sp³-hybridized carbons (Fsp3) is 0.588. The molecule has 116 valence electrons. The second kappa shape index (κ2) is 6.82. The van der Waals surface area contributed by atoms with Gasteiger partial charge in [0.2, 0.25) is 0 Å². The van der Waals surface area contributed by atoms with Crippen molar-refractivity contribution in [1.82, 2.24) is 0 Å². The van der Waals surface area contributed by atoms with Crippen LogP contribution in [0.3, 0.4) is 0 Å². The number of ether oxygens (including phenoxy) is 2. The lowest BCUT2D eigenvalue weighted by molar-refractivity contribution is -0.134. The molecule has 1 atom stereocenters. The summed E-state index contributed by atoms with van der Waals surface area (Å²) in [7, 11) is 0. The summed E-state index contributed by atoms with van der Waals surface area (Å²) in [5, 5.41) is 0.814. The lowest BCUT2D eigenvalue weighted by atomic mass is 9.92. The zero-order valence-electron chi connectivity index (χ0n) is 13.2. The molecule has 1 heterocycles. The highest BCUT2D eigenvalue weighted by Crippen LogP contribution is 2.41. The molecule has 1 aliphatic heterocycles. The SMILES string of the molecule is Cc1c(C)c2c(c(C)c1OC(=O)CCCBr)CCC(C)O2. The molecule has 1 unspecified atom stereocenters. The van der Waals surface area contributed by atoms with E-state index in [1.54, 1.807) is 0 Å². The van der Waals surface area contributed by atoms with Gasteiger partial charge >= 0.3 is 5.97 Å². The maximum atomic E-state index is 11.9. The van der Waals surface area contributed by atoms with Gasteiger partial charge in [0.1, 0.15) is 11.5 Å². The second-order valence-corrected chi connectivity index (χ2v) is 6.54. The number of esters is 1. The minimum Gasteiger partial charge on any atom is -0.490 e. The van der Waals surface area contributed by atoms with Crippen LogP contribution in [0.25, 0.3) is 0 Å². The molecule has 0 aliphatic carbocycles. The molecule has 0 aromatic heterocycles. The Morgan fingerprint density at radius 1 is 1.29 bits per heavy atom. The highest BCUT2D eigenvalue weighted by atomic mass is 79.9. The van der Waals surface area contributed by atoms with Crippen LogP contribution in [0.5, 0.6) is 11.5 Å². The van der Waals surface area contributed by atoms with Gasteiger partial charge in [0.05, 0.1) is 6.10 Å². The summed E-state index contributed by atoms with van der Waals surface area (Å²) in [5.74, 6) is 1.55. The van der Waals surface area contributed by atoms with Crippen molar-refractivity contribution in [2.45, 2.75) is 59.5 Å². The molecular formula is C17H23BrO3. The van der Waals surface area contributed by atoms with Crippen molar-refractivity contribution in [3.8, 4) is 11.5 Å². The first kappa shape index (κ1) is 16.3. The molecule has 1 aliphatic rings. The van der Waals surface area contributed by atoms with Crippen LogP contribution in [0.15, 0.2) is 0 Å². The fourth-order valence-corrected chi connectivity index (χ4v) is 3.03. The third-order valence-electron chi connectivity index (χ3n) is 4.16. The minimum absolute atomic E-state index is 0.162. The van der Waals surface area contributed by atoms with E-state index in [2.05, 4.69) is 22.9 Å². The summed E-state index contributed by atoms with van der Waals surface area (Å²) >= 11 is 3.33. The van der Waals surface area contributed by atoms with Crippen LogP contribution in [0.1, 0.15) is 48.4 Å². The van der Waals surface area contributed by atoms with Gasteiger partial charge in [0.25, 0.3) is 0 Å². The monoisotopic (exact) mass is 354 g/mol. The van der Waals surface area contributed by atoms with Gasteiger partial charge in [-0.05, 0) is 63.6 Å². The maximum absolute atomic E-state index is 11.9. The van der Waals surface area contributed by atoms with E-state index in [0.29, 0.717) is 6.42 Å². The minimum atomic E-state index is -0.162. The Morgan fingerprint density at radius 2 is 2.00 bits per heavy atom. The standard InChI is InChI=1S/C17H23BrO3/c1-10-7-8-14-13(4)16(21-15(19)6-5-9-18)11(2)12(3)17(14)20-10/h10H,5-9H2,1-4H3. The van der Waals surface area contributed by atoms with E-state index in [-0.39, 0.29) is 12.1 Å². The number of alkyl halides is 1. The van der Waals surface area contributed by atoms with Crippen LogP contribution in [0.4, 0.5) is 0 Å². The lowest BCUT2D eigenvalue weighted by Gasteiger charge is -2.28. The molecule has 4 heteroatoms. The Kier molecular flexibility index (Phi) is 5.31. The summed E-state index contributed by atoms with van der Waals surface area (Å²) in [6.07, 6.45) is 3.47. The van der Waals surface area contributed by atoms with Crippen molar-refractivity contribution in [3.05, 3.63) is 22.3 Å². The number of halogens is 1. The topological polar surface area (TPSA) is 35.5 Å². The third-order valence-corrected chi connectivity index (χ3v) is 4.72. The van der Waals surface area contributed by atoms with Gasteiger partial charge in [-0.2, -0.15) is 0 Å². The predicted octanol–water partition coefficient (Wildman–Crippen LogP) is 4.41. The Morgan fingerprint density at radius 3 is 2.67 bits per heavy atom. The van der Waals surface area contributed by atoms with Crippen molar-refractivity contribution in [3.63, 3.8) is 0 Å². The van der Waals surface area contributed by atoms with Gasteiger partial charge in [-0.15, -0.1) is 0 Å². The number of carbonyl (C=O) groups excluding carboxylic acids is 1. The number of rotatable bonds is 4. The van der Waals surface area contributed by atoms with Gasteiger partial charge in [0, 0.05) is 17.3 Å². The van der Waals surface area contributed by atoms with E-state index in [1.165, 1.54) is 5.56 Å². The maximum Gasteiger partial charge on any atom is 0.311 e. The first-order valence-electron chi connectivity index (χ1n) is 7.51. The zero-order chi connectivity index (χ0) is 15.6. The van der Waals surface area contributed by atoms with Crippen molar-refractivity contribution in [2.24, 2.45) is 0 Å².